The van der Waals surface area contributed by atoms with Crippen LogP contribution < -0.4 is 11.5 Å². The van der Waals surface area contributed by atoms with Crippen molar-refractivity contribution in [3.05, 3.63) is 42.5 Å². The number of nitrogens with two attached hydrogens (primary N) is 2. The maximum atomic E-state index is 9.13. The van der Waals surface area contributed by atoms with E-state index in [0.29, 0.717) is 5.75 Å². The Balaban J connectivity index is 0.000000245. The summed E-state index contributed by atoms with van der Waals surface area (Å²) in [5.74, 6) is 0.323. The highest BCUT2D eigenvalue weighted by Gasteiger charge is 1.91. The first-order valence-electron chi connectivity index (χ1n) is 4.32. The van der Waals surface area contributed by atoms with Crippen molar-refractivity contribution < 1.29 is 9.90 Å². The summed E-state index contributed by atoms with van der Waals surface area (Å²) in [6.07, 6.45) is 0. The average molecular weight is 204 g/mol. The lowest BCUT2D eigenvalue weighted by Gasteiger charge is -1.96. The first kappa shape index (κ1) is 10.8. The molecule has 0 aliphatic rings. The van der Waals surface area contributed by atoms with Crippen LogP contribution in [0.3, 0.4) is 0 Å². The first-order valence-corrected chi connectivity index (χ1v) is 4.32. The predicted octanol–water partition coefficient (Wildman–Crippen LogP) is 1.57. The lowest BCUT2D eigenvalue weighted by molar-refractivity contribution is 0.256. The first-order chi connectivity index (χ1) is 7.09. The molecule has 0 saturated carbocycles. The molecule has 0 unspecified atom stereocenters. The minimum Gasteiger partial charge on any atom is -0.508 e. The van der Waals surface area contributed by atoms with E-state index in [1.807, 2.05) is 30.3 Å². The van der Waals surface area contributed by atoms with E-state index in [4.69, 9.17) is 9.90 Å². The minimum atomic E-state index is -0.833. The monoisotopic (exact) mass is 204 g/mol. The van der Waals surface area contributed by atoms with Gasteiger partial charge in [0, 0.05) is 0 Å². The van der Waals surface area contributed by atoms with Crippen molar-refractivity contribution in [1.82, 2.24) is 0 Å². The van der Waals surface area contributed by atoms with E-state index in [2.05, 4.69) is 11.5 Å². The number of urea groups is 1. The van der Waals surface area contributed by atoms with Crippen LogP contribution in [0.1, 0.15) is 0 Å². The van der Waals surface area contributed by atoms with Gasteiger partial charge in [-0.3, -0.25) is 0 Å². The minimum absolute atomic E-state index is 0.323. The van der Waals surface area contributed by atoms with Crippen LogP contribution in [-0.4, -0.2) is 11.1 Å². The smallest absolute Gasteiger partial charge is 0.309 e. The number of hydrogen-bond donors (Lipinski definition) is 3. The number of rotatable bonds is 0. The molecule has 0 aliphatic heterocycles. The van der Waals surface area contributed by atoms with Crippen LogP contribution in [0.4, 0.5) is 4.79 Å². The number of hydrogen-bond acceptors (Lipinski definition) is 2. The molecule has 0 saturated heterocycles. The molecule has 2 amide bonds. The van der Waals surface area contributed by atoms with Gasteiger partial charge in [-0.25, -0.2) is 4.79 Å². The summed E-state index contributed by atoms with van der Waals surface area (Å²) < 4.78 is 0. The second kappa shape index (κ2) is 4.85. The van der Waals surface area contributed by atoms with E-state index in [-0.39, 0.29) is 0 Å². The van der Waals surface area contributed by atoms with E-state index in [0.717, 1.165) is 10.8 Å². The molecule has 0 spiro atoms. The van der Waals surface area contributed by atoms with Gasteiger partial charge in [0.05, 0.1) is 0 Å². The van der Waals surface area contributed by atoms with Gasteiger partial charge in [0.25, 0.3) is 0 Å². The third kappa shape index (κ3) is 3.56. The van der Waals surface area contributed by atoms with Gasteiger partial charge in [0.1, 0.15) is 5.75 Å². The molecule has 2 rings (SSSR count). The van der Waals surface area contributed by atoms with Crippen LogP contribution in [0.2, 0.25) is 0 Å². The van der Waals surface area contributed by atoms with Crippen molar-refractivity contribution in [2.24, 2.45) is 11.5 Å². The van der Waals surface area contributed by atoms with Gasteiger partial charge in [-0.05, 0) is 22.9 Å². The van der Waals surface area contributed by atoms with Crippen molar-refractivity contribution in [3.63, 3.8) is 0 Å². The molecule has 0 heterocycles. The average Bonchev–Trinajstić information content (AvgIpc) is 2.16. The molecule has 15 heavy (non-hydrogen) atoms. The van der Waals surface area contributed by atoms with Crippen LogP contribution in [0.25, 0.3) is 10.8 Å². The van der Waals surface area contributed by atoms with Crippen LogP contribution >= 0.6 is 0 Å². The Morgan fingerprint density at radius 2 is 1.53 bits per heavy atom. The van der Waals surface area contributed by atoms with Gasteiger partial charge in [0.2, 0.25) is 0 Å². The second-order valence-corrected chi connectivity index (χ2v) is 2.93. The van der Waals surface area contributed by atoms with Crippen molar-refractivity contribution in [3.8, 4) is 5.75 Å². The normalized spacial score (nSPS) is 9.07. The Labute approximate surface area is 87.1 Å². The molecule has 5 N–H and O–H groups in total. The molecule has 0 aliphatic carbocycles. The molecule has 0 aromatic heterocycles. The zero-order chi connectivity index (χ0) is 11.3. The number of primary amides is 2. The summed E-state index contributed by atoms with van der Waals surface area (Å²) in [6, 6.07) is 12.5. The lowest BCUT2D eigenvalue weighted by Crippen LogP contribution is -2.18. The highest BCUT2D eigenvalue weighted by atomic mass is 16.3. The van der Waals surface area contributed by atoms with Gasteiger partial charge in [0.15, 0.2) is 0 Å². The van der Waals surface area contributed by atoms with Crippen LogP contribution in [-0.2, 0) is 0 Å². The molecule has 2 aromatic carbocycles. The second-order valence-electron chi connectivity index (χ2n) is 2.93. The maximum Gasteiger partial charge on any atom is 0.309 e. The van der Waals surface area contributed by atoms with E-state index < -0.39 is 6.03 Å². The SMILES string of the molecule is NC(N)=O.Oc1ccc2ccccc2c1. The quantitative estimate of drug-likeness (QED) is 0.608. The van der Waals surface area contributed by atoms with Crippen molar-refractivity contribution in [2.75, 3.05) is 0 Å². The van der Waals surface area contributed by atoms with Crippen LogP contribution in [0, 0.1) is 0 Å². The fraction of sp³-hybridized carbons (Fsp3) is 0. The molecule has 0 bridgehead atoms. The molecule has 0 radical (unpaired) electrons. The number of aromatic hydroxyl groups is 1. The highest BCUT2D eigenvalue weighted by molar-refractivity contribution is 5.83. The maximum absolute atomic E-state index is 9.13. The summed E-state index contributed by atoms with van der Waals surface area (Å²) in [5.41, 5.74) is 8.50. The zero-order valence-electron chi connectivity index (χ0n) is 8.05. The Bertz CT molecular complexity index is 465. The highest BCUT2D eigenvalue weighted by Crippen LogP contribution is 2.18. The molecular formula is C11H12N2O2. The van der Waals surface area contributed by atoms with Crippen molar-refractivity contribution in [2.45, 2.75) is 0 Å². The van der Waals surface area contributed by atoms with E-state index in [1.165, 1.54) is 0 Å². The van der Waals surface area contributed by atoms with Crippen molar-refractivity contribution >= 4 is 16.8 Å². The summed E-state index contributed by atoms with van der Waals surface area (Å²) in [7, 11) is 0. The zero-order valence-corrected chi connectivity index (χ0v) is 8.05. The summed E-state index contributed by atoms with van der Waals surface area (Å²) in [5, 5.41) is 11.4. The van der Waals surface area contributed by atoms with Crippen LogP contribution in [0.5, 0.6) is 5.75 Å². The molecule has 78 valence electrons. The standard InChI is InChI=1S/C10H8O.CH4N2O/c11-10-6-5-8-3-1-2-4-9(8)7-10;2-1(3)4/h1-7,11H;(H4,2,3,4). The van der Waals surface area contributed by atoms with E-state index >= 15 is 0 Å². The van der Waals surface area contributed by atoms with Gasteiger partial charge in [-0.1, -0.05) is 30.3 Å². The number of benzene rings is 2. The number of carbonyl (C=O) groups excluding carboxylic acids is 1. The van der Waals surface area contributed by atoms with Gasteiger partial charge >= 0.3 is 6.03 Å². The van der Waals surface area contributed by atoms with Crippen molar-refractivity contribution in [1.29, 1.82) is 0 Å². The predicted molar refractivity (Wildman–Crippen MR) is 59.4 cm³/mol. The summed E-state index contributed by atoms with van der Waals surface area (Å²) in [6.45, 7) is 0. The molecule has 4 nitrogen and oxygen atoms in total. The van der Waals surface area contributed by atoms with E-state index in [9.17, 15) is 0 Å². The Morgan fingerprint density at radius 3 is 2.13 bits per heavy atom. The molecule has 4 heteroatoms. The number of fused-ring (bicyclic) bond motifs is 1. The molecule has 0 atom stereocenters. The Kier molecular flexibility index (Phi) is 3.51. The molecular weight excluding hydrogens is 192 g/mol. The Hall–Kier alpha value is -2.23. The van der Waals surface area contributed by atoms with Gasteiger partial charge in [-0.2, -0.15) is 0 Å². The number of amides is 2. The molecule has 0 fully saturated rings. The van der Waals surface area contributed by atoms with E-state index in [1.54, 1.807) is 12.1 Å². The van der Waals surface area contributed by atoms with Crippen LogP contribution in [0.15, 0.2) is 42.5 Å². The summed E-state index contributed by atoms with van der Waals surface area (Å²) >= 11 is 0. The number of carbonyl (C=O) groups is 1. The fourth-order valence-electron chi connectivity index (χ4n) is 1.18. The fourth-order valence-corrected chi connectivity index (χ4v) is 1.18. The number of phenolic OH excluding ortho intramolecular Hbond substituents is 1. The lowest BCUT2D eigenvalue weighted by atomic mass is 10.1. The third-order valence-corrected chi connectivity index (χ3v) is 1.73. The molecule has 2 aromatic rings. The van der Waals surface area contributed by atoms with Gasteiger partial charge < -0.3 is 16.6 Å². The third-order valence-electron chi connectivity index (χ3n) is 1.73. The Morgan fingerprint density at radius 1 is 1.00 bits per heavy atom. The number of phenols is 1. The topological polar surface area (TPSA) is 89.3 Å². The summed E-state index contributed by atoms with van der Waals surface area (Å²) in [4.78, 5) is 9.00. The van der Waals surface area contributed by atoms with Gasteiger partial charge in [-0.15, -0.1) is 0 Å². The largest absolute Gasteiger partial charge is 0.508 e.